The molecule has 0 aliphatic carbocycles. The molecule has 2 heterocycles. The van der Waals surface area contributed by atoms with Crippen molar-refractivity contribution in [3.63, 3.8) is 0 Å². The summed E-state index contributed by atoms with van der Waals surface area (Å²) in [5.41, 5.74) is 0. The number of rotatable bonds is 5. The summed E-state index contributed by atoms with van der Waals surface area (Å²) in [4.78, 5) is 2.31. The summed E-state index contributed by atoms with van der Waals surface area (Å²) in [7, 11) is -1.17. The molecule has 1 fully saturated rings. The lowest BCUT2D eigenvalue weighted by Crippen LogP contribution is -2.31. The van der Waals surface area contributed by atoms with Crippen molar-refractivity contribution in [2.75, 3.05) is 20.1 Å². The predicted octanol–water partition coefficient (Wildman–Crippen LogP) is 1.51. The molecular weight excluding hydrogens is 256 g/mol. The van der Waals surface area contributed by atoms with Crippen LogP contribution in [-0.2, 0) is 10.0 Å². The summed E-state index contributed by atoms with van der Waals surface area (Å²) in [5, 5.41) is 1.78. The highest BCUT2D eigenvalue weighted by molar-refractivity contribution is 7.91. The second-order valence-corrected chi connectivity index (χ2v) is 7.34. The Balaban J connectivity index is 1.82. The zero-order valence-electron chi connectivity index (χ0n) is 9.93. The Morgan fingerprint density at radius 1 is 1.59 bits per heavy atom. The maximum atomic E-state index is 11.8. The second kappa shape index (κ2) is 5.48. The average Bonchev–Trinajstić information content (AvgIpc) is 2.90. The van der Waals surface area contributed by atoms with E-state index in [1.807, 2.05) is 0 Å². The predicted molar refractivity (Wildman–Crippen MR) is 69.8 cm³/mol. The zero-order chi connectivity index (χ0) is 12.3. The molecule has 1 N–H and O–H groups in total. The van der Waals surface area contributed by atoms with E-state index < -0.39 is 10.0 Å². The largest absolute Gasteiger partial charge is 0.303 e. The summed E-state index contributed by atoms with van der Waals surface area (Å²) in [6, 6.07) is 3.92. The van der Waals surface area contributed by atoms with Gasteiger partial charge in [-0.3, -0.25) is 0 Å². The van der Waals surface area contributed by atoms with E-state index in [4.69, 9.17) is 0 Å². The second-order valence-electron chi connectivity index (χ2n) is 4.40. The topological polar surface area (TPSA) is 49.4 Å². The van der Waals surface area contributed by atoms with Crippen molar-refractivity contribution in [1.82, 2.24) is 9.62 Å². The molecule has 1 atom stereocenters. The third kappa shape index (κ3) is 3.28. The molecule has 17 heavy (non-hydrogen) atoms. The third-order valence-corrected chi connectivity index (χ3v) is 6.06. The first-order chi connectivity index (χ1) is 8.09. The van der Waals surface area contributed by atoms with Crippen molar-refractivity contribution in [2.24, 2.45) is 0 Å². The number of thiophene rings is 1. The molecule has 0 spiro atoms. The van der Waals surface area contributed by atoms with Crippen LogP contribution in [0, 0.1) is 0 Å². The van der Waals surface area contributed by atoms with Crippen LogP contribution in [0.25, 0.3) is 0 Å². The van der Waals surface area contributed by atoms with Gasteiger partial charge in [0.25, 0.3) is 0 Å². The van der Waals surface area contributed by atoms with Crippen molar-refractivity contribution < 1.29 is 8.42 Å². The Morgan fingerprint density at radius 3 is 3.00 bits per heavy atom. The lowest BCUT2D eigenvalue weighted by Gasteiger charge is -2.19. The maximum absolute atomic E-state index is 11.8. The minimum absolute atomic E-state index is 0.400. The van der Waals surface area contributed by atoms with Crippen molar-refractivity contribution in [1.29, 1.82) is 0 Å². The Labute approximate surface area is 107 Å². The van der Waals surface area contributed by atoms with Crippen LogP contribution in [0.4, 0.5) is 0 Å². The smallest absolute Gasteiger partial charge is 0.250 e. The summed E-state index contributed by atoms with van der Waals surface area (Å²) in [6.07, 6.45) is 3.29. The molecule has 2 rings (SSSR count). The van der Waals surface area contributed by atoms with Crippen molar-refractivity contribution in [3.8, 4) is 0 Å². The minimum atomic E-state index is -3.28. The Morgan fingerprint density at radius 2 is 2.41 bits per heavy atom. The van der Waals surface area contributed by atoms with Gasteiger partial charge in [-0.25, -0.2) is 13.1 Å². The number of nitrogens with zero attached hydrogens (tertiary/aromatic N) is 1. The van der Waals surface area contributed by atoms with Crippen LogP contribution in [0.2, 0.25) is 0 Å². The molecule has 6 heteroatoms. The maximum Gasteiger partial charge on any atom is 0.250 e. The van der Waals surface area contributed by atoms with Crippen molar-refractivity contribution in [2.45, 2.75) is 29.5 Å². The van der Waals surface area contributed by atoms with Crippen LogP contribution >= 0.6 is 11.3 Å². The molecular formula is C11H18N2O2S2. The first kappa shape index (κ1) is 13.0. The van der Waals surface area contributed by atoms with Gasteiger partial charge in [-0.2, -0.15) is 0 Å². The lowest BCUT2D eigenvalue weighted by molar-refractivity contribution is 0.297. The van der Waals surface area contributed by atoms with Gasteiger partial charge in [0.2, 0.25) is 10.0 Å². The van der Waals surface area contributed by atoms with E-state index in [-0.39, 0.29) is 0 Å². The molecule has 1 aliphatic heterocycles. The van der Waals surface area contributed by atoms with Crippen molar-refractivity contribution in [3.05, 3.63) is 17.5 Å². The number of sulfonamides is 1. The minimum Gasteiger partial charge on any atom is -0.303 e. The van der Waals surface area contributed by atoms with Crippen LogP contribution < -0.4 is 4.72 Å². The fraction of sp³-hybridized carbons (Fsp3) is 0.636. The molecule has 96 valence electrons. The molecule has 1 aromatic rings. The first-order valence-electron chi connectivity index (χ1n) is 5.83. The Hall–Kier alpha value is -0.430. The van der Waals surface area contributed by atoms with E-state index in [0.717, 1.165) is 13.0 Å². The van der Waals surface area contributed by atoms with Crippen LogP contribution in [0.15, 0.2) is 21.7 Å². The quantitative estimate of drug-likeness (QED) is 0.885. The van der Waals surface area contributed by atoms with Crippen LogP contribution in [-0.4, -0.2) is 39.5 Å². The summed E-state index contributed by atoms with van der Waals surface area (Å²) in [6.45, 7) is 1.65. The Bertz CT molecular complexity index is 442. The van der Waals surface area contributed by atoms with Gasteiger partial charge in [0.15, 0.2) is 0 Å². The number of nitrogens with one attached hydrogen (secondary N) is 1. The van der Waals surface area contributed by atoms with Gasteiger partial charge >= 0.3 is 0 Å². The molecule has 0 radical (unpaired) electrons. The molecule has 1 aliphatic rings. The number of likely N-dealkylation sites (tertiary alicyclic amines) is 1. The van der Waals surface area contributed by atoms with Crippen LogP contribution in [0.3, 0.4) is 0 Å². The van der Waals surface area contributed by atoms with E-state index in [9.17, 15) is 8.42 Å². The van der Waals surface area contributed by atoms with E-state index in [2.05, 4.69) is 16.7 Å². The van der Waals surface area contributed by atoms with Gasteiger partial charge in [0, 0.05) is 12.6 Å². The Kier molecular flexibility index (Phi) is 4.19. The third-order valence-electron chi connectivity index (χ3n) is 3.20. The van der Waals surface area contributed by atoms with Crippen molar-refractivity contribution >= 4 is 21.4 Å². The van der Waals surface area contributed by atoms with E-state index in [0.29, 0.717) is 16.8 Å². The van der Waals surface area contributed by atoms with E-state index >= 15 is 0 Å². The molecule has 1 unspecified atom stereocenters. The summed E-state index contributed by atoms with van der Waals surface area (Å²) >= 11 is 1.25. The number of hydrogen-bond donors (Lipinski definition) is 1. The lowest BCUT2D eigenvalue weighted by atomic mass is 10.1. The molecule has 1 saturated heterocycles. The van der Waals surface area contributed by atoms with Gasteiger partial charge in [0.05, 0.1) is 0 Å². The zero-order valence-corrected chi connectivity index (χ0v) is 11.6. The average molecular weight is 274 g/mol. The van der Waals surface area contributed by atoms with Gasteiger partial charge in [-0.15, -0.1) is 11.3 Å². The van der Waals surface area contributed by atoms with E-state index in [1.165, 1.54) is 24.2 Å². The SMILES string of the molecule is CN1CCCC1CCNS(=O)(=O)c1cccs1. The highest BCUT2D eigenvalue weighted by Crippen LogP contribution is 2.18. The van der Waals surface area contributed by atoms with Gasteiger partial charge in [-0.1, -0.05) is 6.07 Å². The number of hydrogen-bond acceptors (Lipinski definition) is 4. The highest BCUT2D eigenvalue weighted by Gasteiger charge is 2.21. The van der Waals surface area contributed by atoms with Gasteiger partial charge in [-0.05, 0) is 44.3 Å². The van der Waals surface area contributed by atoms with Gasteiger partial charge in [0.1, 0.15) is 4.21 Å². The van der Waals surface area contributed by atoms with Crippen LogP contribution in [0.5, 0.6) is 0 Å². The molecule has 0 saturated carbocycles. The highest BCUT2D eigenvalue weighted by atomic mass is 32.2. The monoisotopic (exact) mass is 274 g/mol. The first-order valence-corrected chi connectivity index (χ1v) is 8.19. The summed E-state index contributed by atoms with van der Waals surface area (Å²) in [5.74, 6) is 0. The molecule has 0 aromatic carbocycles. The van der Waals surface area contributed by atoms with Crippen LogP contribution in [0.1, 0.15) is 19.3 Å². The molecule has 1 aromatic heterocycles. The fourth-order valence-electron chi connectivity index (χ4n) is 2.19. The molecule has 0 amide bonds. The van der Waals surface area contributed by atoms with Gasteiger partial charge < -0.3 is 4.90 Å². The summed E-state index contributed by atoms with van der Waals surface area (Å²) < 4.78 is 26.7. The fourth-order valence-corrected chi connectivity index (χ4v) is 4.28. The molecule has 0 bridgehead atoms. The normalized spacial score (nSPS) is 22.1. The van der Waals surface area contributed by atoms with E-state index in [1.54, 1.807) is 17.5 Å². The molecule has 4 nitrogen and oxygen atoms in total. The standard InChI is InChI=1S/C11H18N2O2S2/c1-13-8-2-4-10(13)6-7-12-17(14,15)11-5-3-9-16-11/h3,5,9-10,12H,2,4,6-8H2,1H3.